The molecule has 1 aromatic heterocycles. The molecule has 0 aliphatic heterocycles. The zero-order chi connectivity index (χ0) is 11.1. The Morgan fingerprint density at radius 2 is 2.20 bits per heavy atom. The summed E-state index contributed by atoms with van der Waals surface area (Å²) < 4.78 is 1.86. The monoisotopic (exact) mass is 309 g/mol. The summed E-state index contributed by atoms with van der Waals surface area (Å²) in [5.41, 5.74) is 0. The number of unbranched alkanes of at least 4 members (excludes halogenated alkanes) is 3. The second-order valence-corrected chi connectivity index (χ2v) is 6.16. The third-order valence-electron chi connectivity index (χ3n) is 2.20. The van der Waals surface area contributed by atoms with Gasteiger partial charge in [0.15, 0.2) is 0 Å². The molecular formula is C11H17BrClNS. The van der Waals surface area contributed by atoms with E-state index >= 15 is 0 Å². The Kier molecular flexibility index (Phi) is 6.89. The van der Waals surface area contributed by atoms with Crippen molar-refractivity contribution in [2.45, 2.75) is 39.2 Å². The highest BCUT2D eigenvalue weighted by Gasteiger charge is 2.03. The molecule has 0 bridgehead atoms. The molecule has 0 spiro atoms. The van der Waals surface area contributed by atoms with E-state index in [0.29, 0.717) is 0 Å². The normalized spacial score (nSPS) is 10.9. The van der Waals surface area contributed by atoms with Crippen molar-refractivity contribution < 1.29 is 0 Å². The molecule has 1 rings (SSSR count). The zero-order valence-electron chi connectivity index (χ0n) is 8.98. The van der Waals surface area contributed by atoms with E-state index < -0.39 is 0 Å². The summed E-state index contributed by atoms with van der Waals surface area (Å²) in [5.74, 6) is 0. The SMILES string of the molecule is CCCCCCNCc1cc(Br)c(Cl)s1. The van der Waals surface area contributed by atoms with Gasteiger partial charge in [0, 0.05) is 15.9 Å². The molecule has 0 saturated heterocycles. The van der Waals surface area contributed by atoms with Crippen LogP contribution in [0.15, 0.2) is 10.5 Å². The van der Waals surface area contributed by atoms with Gasteiger partial charge in [-0.15, -0.1) is 11.3 Å². The molecule has 1 nitrogen and oxygen atoms in total. The molecule has 0 radical (unpaired) electrons. The molecule has 1 heterocycles. The summed E-state index contributed by atoms with van der Waals surface area (Å²) in [5, 5.41) is 3.43. The van der Waals surface area contributed by atoms with E-state index in [1.807, 2.05) is 0 Å². The molecule has 15 heavy (non-hydrogen) atoms. The smallest absolute Gasteiger partial charge is 0.107 e. The fraction of sp³-hybridized carbons (Fsp3) is 0.636. The summed E-state index contributed by atoms with van der Waals surface area (Å²) in [6, 6.07) is 2.09. The lowest BCUT2D eigenvalue weighted by molar-refractivity contribution is 0.600. The molecule has 1 N–H and O–H groups in total. The molecule has 0 aliphatic rings. The van der Waals surface area contributed by atoms with Crippen molar-refractivity contribution in [3.8, 4) is 0 Å². The first kappa shape index (κ1) is 13.5. The van der Waals surface area contributed by atoms with E-state index in [9.17, 15) is 0 Å². The number of hydrogen-bond acceptors (Lipinski definition) is 2. The van der Waals surface area contributed by atoms with Crippen LogP contribution in [-0.4, -0.2) is 6.54 Å². The lowest BCUT2D eigenvalue weighted by atomic mass is 10.2. The minimum Gasteiger partial charge on any atom is -0.312 e. The molecule has 0 atom stereocenters. The molecule has 1 aromatic rings. The number of thiophene rings is 1. The Hall–Kier alpha value is 0.430. The molecule has 0 saturated carbocycles. The van der Waals surface area contributed by atoms with E-state index in [1.165, 1.54) is 30.6 Å². The van der Waals surface area contributed by atoms with Crippen molar-refractivity contribution in [1.29, 1.82) is 0 Å². The number of halogens is 2. The van der Waals surface area contributed by atoms with Crippen LogP contribution in [0.3, 0.4) is 0 Å². The Morgan fingerprint density at radius 1 is 1.40 bits per heavy atom. The summed E-state index contributed by atoms with van der Waals surface area (Å²) in [6.45, 7) is 4.27. The summed E-state index contributed by atoms with van der Waals surface area (Å²) >= 11 is 11.0. The number of rotatable bonds is 7. The minimum absolute atomic E-state index is 0.845. The predicted octanol–water partition coefficient (Wildman–Crippen LogP) is 4.83. The van der Waals surface area contributed by atoms with Crippen LogP contribution >= 0.6 is 38.9 Å². The van der Waals surface area contributed by atoms with Gasteiger partial charge < -0.3 is 5.32 Å². The van der Waals surface area contributed by atoms with E-state index in [2.05, 4.69) is 34.2 Å². The highest BCUT2D eigenvalue weighted by molar-refractivity contribution is 9.10. The molecule has 86 valence electrons. The van der Waals surface area contributed by atoms with Gasteiger partial charge in [0.2, 0.25) is 0 Å². The lowest BCUT2D eigenvalue weighted by Crippen LogP contribution is -2.13. The summed E-state index contributed by atoms with van der Waals surface area (Å²) in [4.78, 5) is 1.29. The maximum atomic E-state index is 5.95. The van der Waals surface area contributed by atoms with Gasteiger partial charge >= 0.3 is 0 Å². The number of nitrogens with one attached hydrogen (secondary N) is 1. The van der Waals surface area contributed by atoms with Crippen molar-refractivity contribution in [2.24, 2.45) is 0 Å². The van der Waals surface area contributed by atoms with E-state index in [0.717, 1.165) is 21.9 Å². The van der Waals surface area contributed by atoms with Crippen molar-refractivity contribution in [3.63, 3.8) is 0 Å². The maximum absolute atomic E-state index is 5.95. The quantitative estimate of drug-likeness (QED) is 0.711. The van der Waals surface area contributed by atoms with Gasteiger partial charge in [0.05, 0.1) is 0 Å². The molecule has 0 amide bonds. The van der Waals surface area contributed by atoms with Gasteiger partial charge in [-0.25, -0.2) is 0 Å². The van der Waals surface area contributed by atoms with E-state index in [-0.39, 0.29) is 0 Å². The average Bonchev–Trinajstić information content (AvgIpc) is 2.52. The Labute approximate surface area is 109 Å². The van der Waals surface area contributed by atoms with Crippen molar-refractivity contribution in [3.05, 3.63) is 19.8 Å². The standard InChI is InChI=1S/C11H17BrClNS/c1-2-3-4-5-6-14-8-9-7-10(12)11(13)15-9/h7,14H,2-6,8H2,1H3. The van der Waals surface area contributed by atoms with Gasteiger partial charge in [-0.1, -0.05) is 37.8 Å². The zero-order valence-corrected chi connectivity index (χ0v) is 12.1. The van der Waals surface area contributed by atoms with Crippen LogP contribution in [0, 0.1) is 0 Å². The predicted molar refractivity (Wildman–Crippen MR) is 72.9 cm³/mol. The largest absolute Gasteiger partial charge is 0.312 e. The highest BCUT2D eigenvalue weighted by Crippen LogP contribution is 2.31. The van der Waals surface area contributed by atoms with Crippen LogP contribution in [-0.2, 0) is 6.54 Å². The molecular weight excluding hydrogens is 294 g/mol. The van der Waals surface area contributed by atoms with Gasteiger partial charge in [0.1, 0.15) is 4.34 Å². The second kappa shape index (κ2) is 7.66. The maximum Gasteiger partial charge on any atom is 0.107 e. The Morgan fingerprint density at radius 3 is 2.80 bits per heavy atom. The molecule has 0 fully saturated rings. The summed E-state index contributed by atoms with van der Waals surface area (Å²) in [7, 11) is 0. The minimum atomic E-state index is 0.845. The first-order valence-electron chi connectivity index (χ1n) is 5.38. The van der Waals surface area contributed by atoms with Crippen LogP contribution in [0.5, 0.6) is 0 Å². The van der Waals surface area contributed by atoms with Gasteiger partial charge in [0.25, 0.3) is 0 Å². The molecule has 4 heteroatoms. The number of hydrogen-bond donors (Lipinski definition) is 1. The fourth-order valence-electron chi connectivity index (χ4n) is 1.37. The van der Waals surface area contributed by atoms with Crippen molar-refractivity contribution >= 4 is 38.9 Å². The van der Waals surface area contributed by atoms with Crippen LogP contribution in [0.25, 0.3) is 0 Å². The van der Waals surface area contributed by atoms with Crippen LogP contribution in [0.2, 0.25) is 4.34 Å². The van der Waals surface area contributed by atoms with Gasteiger partial charge in [-0.05, 0) is 35.0 Å². The van der Waals surface area contributed by atoms with E-state index in [4.69, 9.17) is 11.6 Å². The van der Waals surface area contributed by atoms with Crippen LogP contribution in [0.4, 0.5) is 0 Å². The average molecular weight is 311 g/mol. The van der Waals surface area contributed by atoms with Crippen LogP contribution < -0.4 is 5.32 Å². The van der Waals surface area contributed by atoms with Crippen LogP contribution in [0.1, 0.15) is 37.5 Å². The Balaban J connectivity index is 2.10. The third-order valence-corrected chi connectivity index (χ3v) is 4.68. The lowest BCUT2D eigenvalue weighted by Gasteiger charge is -2.01. The topological polar surface area (TPSA) is 12.0 Å². The molecule has 0 unspecified atom stereocenters. The van der Waals surface area contributed by atoms with Crippen molar-refractivity contribution in [2.75, 3.05) is 6.54 Å². The second-order valence-electron chi connectivity index (χ2n) is 3.57. The third kappa shape index (κ3) is 5.34. The highest BCUT2D eigenvalue weighted by atomic mass is 79.9. The van der Waals surface area contributed by atoms with E-state index in [1.54, 1.807) is 11.3 Å². The van der Waals surface area contributed by atoms with Gasteiger partial charge in [-0.2, -0.15) is 0 Å². The molecule has 0 aromatic carbocycles. The first-order chi connectivity index (χ1) is 7.24. The van der Waals surface area contributed by atoms with Crippen molar-refractivity contribution in [1.82, 2.24) is 5.32 Å². The summed E-state index contributed by atoms with van der Waals surface area (Å²) in [6.07, 6.45) is 5.25. The molecule has 0 aliphatic carbocycles. The first-order valence-corrected chi connectivity index (χ1v) is 7.37. The Bertz CT molecular complexity index is 269. The fourth-order valence-corrected chi connectivity index (χ4v) is 3.13. The van der Waals surface area contributed by atoms with Gasteiger partial charge in [-0.3, -0.25) is 0 Å².